The molecule has 0 radical (unpaired) electrons. The average Bonchev–Trinajstić information content (AvgIpc) is 3.59. The molecule has 9 heteroatoms. The van der Waals surface area contributed by atoms with Crippen LogP contribution in [0.2, 0.25) is 0 Å². The maximum atomic E-state index is 12.4. The lowest BCUT2D eigenvalue weighted by atomic mass is 9.99. The Morgan fingerprint density at radius 1 is 1.22 bits per heavy atom. The van der Waals surface area contributed by atoms with Gasteiger partial charge in [-0.2, -0.15) is 0 Å². The first-order valence-corrected chi connectivity index (χ1v) is 10.5. The van der Waals surface area contributed by atoms with Gasteiger partial charge in [0, 0.05) is 19.1 Å². The van der Waals surface area contributed by atoms with Crippen molar-refractivity contribution < 1.29 is 27.8 Å². The second-order valence-corrected chi connectivity index (χ2v) is 7.95. The van der Waals surface area contributed by atoms with Crippen LogP contribution in [-0.4, -0.2) is 53.0 Å². The van der Waals surface area contributed by atoms with E-state index < -0.39 is 6.36 Å². The van der Waals surface area contributed by atoms with Crippen LogP contribution in [0.4, 0.5) is 13.2 Å². The van der Waals surface area contributed by atoms with E-state index in [1.54, 1.807) is 6.07 Å². The van der Waals surface area contributed by atoms with Crippen LogP contribution < -0.4 is 10.1 Å². The topological polar surface area (TPSA) is 74.7 Å². The minimum Gasteiger partial charge on any atom is -0.406 e. The number of alkyl halides is 3. The molecule has 1 aliphatic carbocycles. The Labute approximate surface area is 183 Å². The van der Waals surface area contributed by atoms with Crippen LogP contribution in [0.15, 0.2) is 48.5 Å². The summed E-state index contributed by atoms with van der Waals surface area (Å²) in [6.07, 6.45) is -0.0341. The molecule has 1 saturated carbocycles. The molecule has 1 aromatic heterocycles. The molecule has 1 atom stereocenters. The normalized spacial score (nSPS) is 18.1. The van der Waals surface area contributed by atoms with Crippen molar-refractivity contribution in [2.24, 2.45) is 0 Å². The molecule has 0 saturated heterocycles. The molecule has 1 amide bonds. The van der Waals surface area contributed by atoms with Crippen LogP contribution in [0.1, 0.15) is 47.1 Å². The smallest absolute Gasteiger partial charge is 0.406 e. The molecule has 170 valence electrons. The molecule has 0 spiro atoms. The summed E-state index contributed by atoms with van der Waals surface area (Å²) in [7, 11) is 0. The molecule has 4 rings (SSSR count). The largest absolute Gasteiger partial charge is 0.573 e. The number of aliphatic hydroxyl groups is 1. The van der Waals surface area contributed by atoms with Crippen LogP contribution in [0.5, 0.6) is 5.75 Å². The van der Waals surface area contributed by atoms with E-state index in [2.05, 4.69) is 15.0 Å². The number of aliphatic hydroxyl groups excluding tert-OH is 1. The highest BCUT2D eigenvalue weighted by atomic mass is 19.4. The SMILES string of the molecule is O=C(NC1CC1)c1cccc(C2=CCN(C(CO)c3ccc(OC(F)(F)F)cc3)CC2)n1. The summed E-state index contributed by atoms with van der Waals surface area (Å²) in [5.74, 6) is -0.457. The van der Waals surface area contributed by atoms with Gasteiger partial charge in [-0.1, -0.05) is 24.3 Å². The first-order valence-electron chi connectivity index (χ1n) is 10.5. The van der Waals surface area contributed by atoms with Crippen molar-refractivity contribution >= 4 is 11.5 Å². The minimum absolute atomic E-state index is 0.161. The van der Waals surface area contributed by atoms with Crippen LogP contribution in [0, 0.1) is 0 Å². The molecule has 1 aliphatic heterocycles. The molecule has 32 heavy (non-hydrogen) atoms. The number of pyridine rings is 1. The molecule has 6 nitrogen and oxygen atoms in total. The fourth-order valence-corrected chi connectivity index (χ4v) is 3.75. The van der Waals surface area contributed by atoms with Gasteiger partial charge in [-0.05, 0) is 54.7 Å². The molecule has 1 unspecified atom stereocenters. The average molecular weight is 447 g/mol. The molecule has 0 bridgehead atoms. The third kappa shape index (κ3) is 5.66. The molecular weight excluding hydrogens is 423 g/mol. The number of nitrogens with zero attached hydrogens (tertiary/aromatic N) is 2. The van der Waals surface area contributed by atoms with Gasteiger partial charge in [0.25, 0.3) is 5.91 Å². The highest BCUT2D eigenvalue weighted by molar-refractivity contribution is 5.93. The molecule has 2 N–H and O–H groups in total. The van der Waals surface area contributed by atoms with Gasteiger partial charge in [0.2, 0.25) is 0 Å². The second kappa shape index (κ2) is 9.30. The summed E-state index contributed by atoms with van der Waals surface area (Å²) in [6, 6.07) is 10.9. The van der Waals surface area contributed by atoms with E-state index in [4.69, 9.17) is 0 Å². The van der Waals surface area contributed by atoms with Crippen molar-refractivity contribution in [3.05, 3.63) is 65.5 Å². The molecule has 2 heterocycles. The predicted molar refractivity (Wildman–Crippen MR) is 112 cm³/mol. The Morgan fingerprint density at radius 2 is 1.97 bits per heavy atom. The van der Waals surface area contributed by atoms with Gasteiger partial charge in [0.1, 0.15) is 11.4 Å². The number of nitrogens with one attached hydrogen (secondary N) is 1. The maximum Gasteiger partial charge on any atom is 0.573 e. The fraction of sp³-hybridized carbons (Fsp3) is 0.391. The van der Waals surface area contributed by atoms with Crippen molar-refractivity contribution in [3.8, 4) is 5.75 Å². The van der Waals surface area contributed by atoms with Crippen LogP contribution in [-0.2, 0) is 0 Å². The Balaban J connectivity index is 1.42. The molecule has 1 aromatic carbocycles. The first-order chi connectivity index (χ1) is 15.3. The number of hydrogen-bond acceptors (Lipinski definition) is 5. The number of carbonyl (C=O) groups excluding carboxylic acids is 1. The summed E-state index contributed by atoms with van der Waals surface area (Å²) in [6.45, 7) is 1.01. The number of rotatable bonds is 7. The Kier molecular flexibility index (Phi) is 6.48. The van der Waals surface area contributed by atoms with E-state index in [0.29, 0.717) is 30.8 Å². The zero-order valence-electron chi connectivity index (χ0n) is 17.3. The van der Waals surface area contributed by atoms with E-state index in [0.717, 1.165) is 24.1 Å². The Bertz CT molecular complexity index is 988. The van der Waals surface area contributed by atoms with E-state index in [-0.39, 0.29) is 30.3 Å². The van der Waals surface area contributed by atoms with Gasteiger partial charge < -0.3 is 15.2 Å². The number of halogens is 3. The van der Waals surface area contributed by atoms with Gasteiger partial charge in [0.15, 0.2) is 0 Å². The second-order valence-electron chi connectivity index (χ2n) is 7.95. The zero-order valence-corrected chi connectivity index (χ0v) is 17.3. The predicted octanol–water partition coefficient (Wildman–Crippen LogP) is 3.70. The summed E-state index contributed by atoms with van der Waals surface area (Å²) >= 11 is 0. The first kappa shape index (κ1) is 22.3. The van der Waals surface area contributed by atoms with Crippen molar-refractivity contribution in [1.29, 1.82) is 0 Å². The van der Waals surface area contributed by atoms with E-state index in [1.165, 1.54) is 24.3 Å². The number of carbonyl (C=O) groups is 1. The molecular formula is C23H24F3N3O3. The number of hydrogen-bond donors (Lipinski definition) is 2. The number of ether oxygens (including phenoxy) is 1. The fourth-order valence-electron chi connectivity index (χ4n) is 3.75. The van der Waals surface area contributed by atoms with E-state index in [1.807, 2.05) is 23.1 Å². The quantitative estimate of drug-likeness (QED) is 0.677. The minimum atomic E-state index is -4.74. The van der Waals surface area contributed by atoms with Crippen molar-refractivity contribution in [2.75, 3.05) is 19.7 Å². The third-order valence-corrected chi connectivity index (χ3v) is 5.58. The Morgan fingerprint density at radius 3 is 2.56 bits per heavy atom. The summed E-state index contributed by atoms with van der Waals surface area (Å²) < 4.78 is 41.0. The number of benzene rings is 1. The van der Waals surface area contributed by atoms with Crippen LogP contribution in [0.25, 0.3) is 5.57 Å². The molecule has 2 aliphatic rings. The zero-order chi connectivity index (χ0) is 22.7. The number of aromatic nitrogens is 1. The van der Waals surface area contributed by atoms with Gasteiger partial charge in [-0.3, -0.25) is 9.69 Å². The van der Waals surface area contributed by atoms with Crippen molar-refractivity contribution in [2.45, 2.75) is 37.7 Å². The molecule has 1 fully saturated rings. The lowest BCUT2D eigenvalue weighted by Crippen LogP contribution is -2.34. The summed E-state index contributed by atoms with van der Waals surface area (Å²) in [4.78, 5) is 18.8. The van der Waals surface area contributed by atoms with Gasteiger partial charge >= 0.3 is 6.36 Å². The monoisotopic (exact) mass is 447 g/mol. The molecule has 2 aromatic rings. The van der Waals surface area contributed by atoms with Crippen LogP contribution >= 0.6 is 0 Å². The summed E-state index contributed by atoms with van der Waals surface area (Å²) in [5, 5.41) is 12.9. The lowest BCUT2D eigenvalue weighted by molar-refractivity contribution is -0.274. The van der Waals surface area contributed by atoms with Crippen molar-refractivity contribution in [3.63, 3.8) is 0 Å². The standard InChI is InChI=1S/C23H24F3N3O3/c24-23(25,26)32-18-8-4-16(5-9-18)21(14-30)29-12-10-15(11-13-29)19-2-1-3-20(28-19)22(31)27-17-6-7-17/h1-5,8-10,17,21,30H,6-7,11-14H2,(H,27,31). The van der Waals surface area contributed by atoms with E-state index in [9.17, 15) is 23.1 Å². The maximum absolute atomic E-state index is 12.4. The summed E-state index contributed by atoms with van der Waals surface area (Å²) in [5.41, 5.74) is 2.87. The van der Waals surface area contributed by atoms with Gasteiger partial charge in [0.05, 0.1) is 18.3 Å². The lowest BCUT2D eigenvalue weighted by Gasteiger charge is -2.33. The highest BCUT2D eigenvalue weighted by Crippen LogP contribution is 2.30. The van der Waals surface area contributed by atoms with Crippen molar-refractivity contribution in [1.82, 2.24) is 15.2 Å². The van der Waals surface area contributed by atoms with Gasteiger partial charge in [-0.15, -0.1) is 13.2 Å². The number of amides is 1. The highest BCUT2D eigenvalue weighted by Gasteiger charge is 2.31. The van der Waals surface area contributed by atoms with Crippen LogP contribution in [0.3, 0.4) is 0 Å². The Hall–Kier alpha value is -2.91. The van der Waals surface area contributed by atoms with E-state index >= 15 is 0 Å². The van der Waals surface area contributed by atoms with Gasteiger partial charge in [-0.25, -0.2) is 4.98 Å². The third-order valence-electron chi connectivity index (χ3n) is 5.58.